The zero-order valence-electron chi connectivity index (χ0n) is 7.70. The summed E-state index contributed by atoms with van der Waals surface area (Å²) in [5.74, 6) is 0. The number of hydrogen-bond donors (Lipinski definition) is 0. The molecule has 2 rings (SSSR count). The van der Waals surface area contributed by atoms with Gasteiger partial charge in [0.2, 0.25) is 0 Å². The van der Waals surface area contributed by atoms with Gasteiger partial charge in [-0.15, -0.1) is 0 Å². The van der Waals surface area contributed by atoms with Crippen LogP contribution in [0.2, 0.25) is 5.02 Å². The van der Waals surface area contributed by atoms with Gasteiger partial charge in [0.25, 0.3) is 0 Å². The molecule has 0 saturated carbocycles. The first-order valence-corrected chi connectivity index (χ1v) is 5.57. The second kappa shape index (κ2) is 4.61. The third-order valence-corrected chi connectivity index (χ3v) is 3.36. The van der Waals surface area contributed by atoms with Crippen molar-refractivity contribution in [1.82, 2.24) is 0 Å². The predicted octanol–water partition coefficient (Wildman–Crippen LogP) is 2.96. The Balaban J connectivity index is 2.43. The highest BCUT2D eigenvalue weighted by Gasteiger charge is 2.22. The first kappa shape index (κ1) is 11.1. The molecule has 0 radical (unpaired) electrons. The number of carbonyl (C=O) groups excluding carboxylic acids is 1. The van der Waals surface area contributed by atoms with E-state index in [-0.39, 0.29) is 0 Å². The van der Waals surface area contributed by atoms with Crippen LogP contribution in [-0.2, 0) is 9.47 Å². The molecule has 15 heavy (non-hydrogen) atoms. The van der Waals surface area contributed by atoms with E-state index in [1.54, 1.807) is 12.1 Å². The molecule has 3 nitrogen and oxygen atoms in total. The van der Waals surface area contributed by atoms with Gasteiger partial charge in [-0.2, -0.15) is 0 Å². The Kier molecular flexibility index (Phi) is 3.41. The fraction of sp³-hybridized carbons (Fsp3) is 0.300. The summed E-state index contributed by atoms with van der Waals surface area (Å²) in [7, 11) is 0. The van der Waals surface area contributed by atoms with Crippen LogP contribution in [0.3, 0.4) is 0 Å². The first-order chi connectivity index (χ1) is 7.24. The number of aldehydes is 1. The van der Waals surface area contributed by atoms with Crippen LogP contribution in [0.5, 0.6) is 0 Å². The molecule has 5 heteroatoms. The molecule has 0 bridgehead atoms. The number of benzene rings is 1. The molecule has 0 spiro atoms. The van der Waals surface area contributed by atoms with Crippen molar-refractivity contribution in [2.75, 3.05) is 13.2 Å². The molecule has 1 aromatic rings. The molecule has 1 fully saturated rings. The van der Waals surface area contributed by atoms with Gasteiger partial charge < -0.3 is 9.47 Å². The maximum absolute atomic E-state index is 10.8. The van der Waals surface area contributed by atoms with Crippen LogP contribution in [0, 0.1) is 0 Å². The Morgan fingerprint density at radius 1 is 1.40 bits per heavy atom. The Morgan fingerprint density at radius 3 is 2.67 bits per heavy atom. The van der Waals surface area contributed by atoms with Crippen molar-refractivity contribution in [2.24, 2.45) is 0 Å². The van der Waals surface area contributed by atoms with Gasteiger partial charge >= 0.3 is 0 Å². The van der Waals surface area contributed by atoms with Gasteiger partial charge in [0.05, 0.1) is 18.2 Å². The lowest BCUT2D eigenvalue weighted by Crippen LogP contribution is -2.01. The lowest BCUT2D eigenvalue weighted by molar-refractivity contribution is -0.0446. The molecule has 0 aromatic heterocycles. The lowest BCUT2D eigenvalue weighted by atomic mass is 10.1. The molecular formula is C10H8BrClO3. The maximum Gasteiger partial charge on any atom is 0.185 e. The number of carbonyl (C=O) groups is 1. The predicted molar refractivity (Wildman–Crippen MR) is 59.2 cm³/mol. The molecule has 0 aliphatic carbocycles. The molecule has 1 aromatic carbocycles. The largest absolute Gasteiger partial charge is 0.346 e. The van der Waals surface area contributed by atoms with Crippen LogP contribution in [0.15, 0.2) is 16.6 Å². The summed E-state index contributed by atoms with van der Waals surface area (Å²) >= 11 is 9.19. The summed E-state index contributed by atoms with van der Waals surface area (Å²) in [5.41, 5.74) is 1.22. The summed E-state index contributed by atoms with van der Waals surface area (Å²) < 4.78 is 11.3. The van der Waals surface area contributed by atoms with E-state index >= 15 is 0 Å². The van der Waals surface area contributed by atoms with Crippen LogP contribution in [0.4, 0.5) is 0 Å². The summed E-state index contributed by atoms with van der Waals surface area (Å²) in [6.45, 7) is 1.13. The van der Waals surface area contributed by atoms with Gasteiger partial charge in [0.15, 0.2) is 12.6 Å². The summed E-state index contributed by atoms with van der Waals surface area (Å²) in [5, 5.41) is 0.415. The van der Waals surface area contributed by atoms with Crippen molar-refractivity contribution < 1.29 is 14.3 Å². The standard InChI is InChI=1S/C10H8BrClO3/c11-9-6(10-14-3-4-15-10)1-2-8(12)7(9)5-13/h1-2,5,10H,3-4H2. The fourth-order valence-corrected chi connectivity index (χ4v) is 2.36. The van der Waals surface area contributed by atoms with Crippen molar-refractivity contribution in [1.29, 1.82) is 0 Å². The van der Waals surface area contributed by atoms with Crippen molar-refractivity contribution in [2.45, 2.75) is 6.29 Å². The van der Waals surface area contributed by atoms with Gasteiger partial charge in [0.1, 0.15) is 0 Å². The summed E-state index contributed by atoms with van der Waals surface area (Å²) in [4.78, 5) is 10.8. The number of halogens is 2. The van der Waals surface area contributed by atoms with E-state index in [0.29, 0.717) is 34.6 Å². The Hall–Kier alpha value is -0.420. The Morgan fingerprint density at radius 2 is 2.07 bits per heavy atom. The Labute approximate surface area is 100 Å². The molecule has 80 valence electrons. The summed E-state index contributed by atoms with van der Waals surface area (Å²) in [6.07, 6.45) is 0.306. The van der Waals surface area contributed by atoms with Gasteiger partial charge in [-0.25, -0.2) is 0 Å². The molecule has 0 unspecified atom stereocenters. The van der Waals surface area contributed by atoms with E-state index in [2.05, 4.69) is 15.9 Å². The van der Waals surface area contributed by atoms with E-state index in [1.165, 1.54) is 0 Å². The minimum Gasteiger partial charge on any atom is -0.346 e. The van der Waals surface area contributed by atoms with Gasteiger partial charge in [0, 0.05) is 15.6 Å². The second-order valence-electron chi connectivity index (χ2n) is 3.06. The molecule has 1 aliphatic rings. The molecule has 1 aliphatic heterocycles. The zero-order chi connectivity index (χ0) is 10.8. The topological polar surface area (TPSA) is 35.5 Å². The number of rotatable bonds is 2. The average molecular weight is 292 g/mol. The lowest BCUT2D eigenvalue weighted by Gasteiger charge is -2.13. The van der Waals surface area contributed by atoms with Crippen molar-refractivity contribution >= 4 is 33.8 Å². The van der Waals surface area contributed by atoms with E-state index in [9.17, 15) is 4.79 Å². The van der Waals surface area contributed by atoms with E-state index in [4.69, 9.17) is 21.1 Å². The highest BCUT2D eigenvalue weighted by atomic mass is 79.9. The molecule has 0 N–H and O–H groups in total. The second-order valence-corrected chi connectivity index (χ2v) is 4.26. The molecular weight excluding hydrogens is 283 g/mol. The van der Waals surface area contributed by atoms with Gasteiger partial charge in [-0.3, -0.25) is 4.79 Å². The third-order valence-electron chi connectivity index (χ3n) is 2.15. The van der Waals surface area contributed by atoms with Crippen molar-refractivity contribution in [3.63, 3.8) is 0 Å². The molecule has 0 amide bonds. The van der Waals surface area contributed by atoms with Crippen molar-refractivity contribution in [3.8, 4) is 0 Å². The monoisotopic (exact) mass is 290 g/mol. The number of hydrogen-bond acceptors (Lipinski definition) is 3. The average Bonchev–Trinajstić information content (AvgIpc) is 2.71. The van der Waals surface area contributed by atoms with Crippen LogP contribution < -0.4 is 0 Å². The van der Waals surface area contributed by atoms with Crippen molar-refractivity contribution in [3.05, 3.63) is 32.8 Å². The van der Waals surface area contributed by atoms with E-state index < -0.39 is 6.29 Å². The smallest absolute Gasteiger partial charge is 0.185 e. The Bertz CT molecular complexity index is 388. The fourth-order valence-electron chi connectivity index (χ4n) is 1.41. The normalized spacial score (nSPS) is 16.9. The third kappa shape index (κ3) is 2.08. The first-order valence-electron chi connectivity index (χ1n) is 4.40. The zero-order valence-corrected chi connectivity index (χ0v) is 10.0. The van der Waals surface area contributed by atoms with E-state index in [0.717, 1.165) is 5.56 Å². The van der Waals surface area contributed by atoms with Crippen LogP contribution in [-0.4, -0.2) is 19.5 Å². The highest BCUT2D eigenvalue weighted by Crippen LogP contribution is 2.34. The summed E-state index contributed by atoms with van der Waals surface area (Å²) in [6, 6.07) is 3.45. The van der Waals surface area contributed by atoms with Gasteiger partial charge in [-0.05, 0) is 22.0 Å². The minimum absolute atomic E-state index is 0.407. The minimum atomic E-state index is -0.407. The SMILES string of the molecule is O=Cc1c(Cl)ccc(C2OCCO2)c1Br. The molecule has 1 heterocycles. The van der Waals surface area contributed by atoms with Crippen LogP contribution in [0.1, 0.15) is 22.2 Å². The maximum atomic E-state index is 10.8. The quantitative estimate of drug-likeness (QED) is 0.786. The van der Waals surface area contributed by atoms with Gasteiger partial charge in [-0.1, -0.05) is 17.7 Å². The number of ether oxygens (including phenoxy) is 2. The highest BCUT2D eigenvalue weighted by molar-refractivity contribution is 9.10. The molecule has 1 saturated heterocycles. The molecule has 0 atom stereocenters. The van der Waals surface area contributed by atoms with Crippen LogP contribution >= 0.6 is 27.5 Å². The van der Waals surface area contributed by atoms with Crippen LogP contribution in [0.25, 0.3) is 0 Å². The van der Waals surface area contributed by atoms with E-state index in [1.807, 2.05) is 0 Å².